The van der Waals surface area contributed by atoms with E-state index in [0.29, 0.717) is 5.56 Å². The Morgan fingerprint density at radius 3 is 2.48 bits per heavy atom. The molecular formula is C21H27N3O2S. The van der Waals surface area contributed by atoms with Crippen molar-refractivity contribution >= 4 is 17.7 Å². The van der Waals surface area contributed by atoms with Crippen molar-refractivity contribution in [3.8, 4) is 0 Å². The predicted octanol–water partition coefficient (Wildman–Crippen LogP) is 2.36. The topological polar surface area (TPSA) is 69.8 Å². The van der Waals surface area contributed by atoms with Gasteiger partial charge in [0.2, 0.25) is 0 Å². The van der Waals surface area contributed by atoms with Gasteiger partial charge in [0.15, 0.2) is 0 Å². The number of benzene rings is 2. The van der Waals surface area contributed by atoms with Crippen molar-refractivity contribution in [1.29, 1.82) is 0 Å². The Morgan fingerprint density at radius 1 is 1.15 bits per heavy atom. The van der Waals surface area contributed by atoms with E-state index < -0.39 is 6.04 Å². The zero-order valence-corrected chi connectivity index (χ0v) is 16.5. The molecule has 1 aliphatic heterocycles. The van der Waals surface area contributed by atoms with Crippen LogP contribution in [0, 0.1) is 0 Å². The molecular weight excluding hydrogens is 358 g/mol. The van der Waals surface area contributed by atoms with Crippen LogP contribution in [0.4, 0.5) is 0 Å². The second kappa shape index (κ2) is 9.37. The van der Waals surface area contributed by atoms with E-state index in [1.807, 2.05) is 23.1 Å². The van der Waals surface area contributed by atoms with Gasteiger partial charge in [-0.15, -0.1) is 11.8 Å². The number of rotatable bonds is 6. The van der Waals surface area contributed by atoms with E-state index in [9.17, 15) is 9.90 Å². The highest BCUT2D eigenvalue weighted by atomic mass is 32.2. The fraction of sp³-hybridized carbons (Fsp3) is 0.381. The van der Waals surface area contributed by atoms with E-state index in [1.165, 1.54) is 10.5 Å². The smallest absolute Gasteiger partial charge is 0.253 e. The Morgan fingerprint density at radius 2 is 1.85 bits per heavy atom. The van der Waals surface area contributed by atoms with Crippen LogP contribution in [0.1, 0.15) is 27.5 Å². The van der Waals surface area contributed by atoms with Gasteiger partial charge < -0.3 is 15.7 Å². The summed E-state index contributed by atoms with van der Waals surface area (Å²) < 4.78 is 0. The molecule has 5 nitrogen and oxygen atoms in total. The molecule has 27 heavy (non-hydrogen) atoms. The van der Waals surface area contributed by atoms with Crippen molar-refractivity contribution in [2.45, 2.75) is 17.5 Å². The molecule has 0 aliphatic carbocycles. The Bertz CT molecular complexity index is 758. The summed E-state index contributed by atoms with van der Waals surface area (Å²) in [5.74, 6) is 0.0333. The van der Waals surface area contributed by atoms with Gasteiger partial charge in [0, 0.05) is 43.2 Å². The van der Waals surface area contributed by atoms with Gasteiger partial charge in [-0.1, -0.05) is 24.3 Å². The molecule has 0 spiro atoms. The number of nitrogens with zero attached hydrogens (tertiary/aromatic N) is 2. The molecule has 0 radical (unpaired) electrons. The summed E-state index contributed by atoms with van der Waals surface area (Å²) in [4.78, 5) is 18.4. The van der Waals surface area contributed by atoms with E-state index >= 15 is 0 Å². The molecule has 1 aliphatic rings. The molecule has 1 heterocycles. The largest absolute Gasteiger partial charge is 0.394 e. The highest BCUT2D eigenvalue weighted by Gasteiger charge is 2.22. The summed E-state index contributed by atoms with van der Waals surface area (Å²) >= 11 is 1.75. The highest BCUT2D eigenvalue weighted by molar-refractivity contribution is 7.98. The maximum atomic E-state index is 12.8. The molecule has 0 saturated carbocycles. The van der Waals surface area contributed by atoms with Crippen LogP contribution < -0.4 is 5.73 Å². The lowest BCUT2D eigenvalue weighted by molar-refractivity contribution is 0.0628. The molecule has 2 aromatic carbocycles. The van der Waals surface area contributed by atoms with Crippen molar-refractivity contribution in [1.82, 2.24) is 9.80 Å². The Hall–Kier alpha value is -1.86. The van der Waals surface area contributed by atoms with Gasteiger partial charge in [-0.25, -0.2) is 0 Å². The summed E-state index contributed by atoms with van der Waals surface area (Å²) in [6.07, 6.45) is 2.08. The van der Waals surface area contributed by atoms with Gasteiger partial charge in [0.25, 0.3) is 5.91 Å². The molecule has 6 heteroatoms. The lowest BCUT2D eigenvalue weighted by Gasteiger charge is -2.35. The number of thioether (sulfide) groups is 1. The SMILES string of the molecule is CSc1ccc(CN2CCN(C(=O)c3cccc(C(N)CO)c3)CC2)cc1. The van der Waals surface area contributed by atoms with E-state index in [-0.39, 0.29) is 12.5 Å². The lowest BCUT2D eigenvalue weighted by Crippen LogP contribution is -2.48. The van der Waals surface area contributed by atoms with Crippen LogP contribution in [0.25, 0.3) is 0 Å². The number of carbonyl (C=O) groups excluding carboxylic acids is 1. The third-order valence-electron chi connectivity index (χ3n) is 4.98. The molecule has 1 saturated heterocycles. The van der Waals surface area contributed by atoms with Crippen LogP contribution >= 0.6 is 11.8 Å². The van der Waals surface area contributed by atoms with Crippen LogP contribution in [0.15, 0.2) is 53.4 Å². The van der Waals surface area contributed by atoms with Crippen LogP contribution in [-0.4, -0.2) is 59.9 Å². The summed E-state index contributed by atoms with van der Waals surface area (Å²) in [5.41, 5.74) is 8.60. The number of nitrogens with two attached hydrogens (primary N) is 1. The quantitative estimate of drug-likeness (QED) is 0.747. The number of aliphatic hydroxyl groups is 1. The van der Waals surface area contributed by atoms with E-state index in [4.69, 9.17) is 5.73 Å². The minimum Gasteiger partial charge on any atom is -0.394 e. The van der Waals surface area contributed by atoms with Crippen LogP contribution in [0.5, 0.6) is 0 Å². The third kappa shape index (κ3) is 5.11. The van der Waals surface area contributed by atoms with Gasteiger partial charge in [-0.2, -0.15) is 0 Å². The normalized spacial score (nSPS) is 16.3. The first-order chi connectivity index (χ1) is 13.1. The first-order valence-electron chi connectivity index (χ1n) is 9.21. The summed E-state index contributed by atoms with van der Waals surface area (Å²) in [5, 5.41) is 9.22. The molecule has 144 valence electrons. The number of carbonyl (C=O) groups is 1. The van der Waals surface area contributed by atoms with Crippen LogP contribution in [0.3, 0.4) is 0 Å². The zero-order chi connectivity index (χ0) is 19.2. The Kier molecular flexibility index (Phi) is 6.90. The standard InChI is InChI=1S/C21H27N3O2S/c1-27-19-7-5-16(6-8-19)14-23-9-11-24(12-10-23)21(26)18-4-2-3-17(13-18)20(22)15-25/h2-8,13,20,25H,9-12,14-15,22H2,1H3. The van der Waals surface area contributed by atoms with Crippen molar-refractivity contribution in [3.63, 3.8) is 0 Å². The Labute approximate surface area is 165 Å². The average Bonchev–Trinajstić information content (AvgIpc) is 2.74. The van der Waals surface area contributed by atoms with Crippen molar-refractivity contribution in [2.75, 3.05) is 39.0 Å². The molecule has 1 fully saturated rings. The van der Waals surface area contributed by atoms with Crippen molar-refractivity contribution < 1.29 is 9.90 Å². The molecule has 3 N–H and O–H groups in total. The third-order valence-corrected chi connectivity index (χ3v) is 5.73. The monoisotopic (exact) mass is 385 g/mol. The van der Waals surface area contributed by atoms with Gasteiger partial charge in [-0.05, 0) is 41.6 Å². The minimum atomic E-state index is -0.452. The zero-order valence-electron chi connectivity index (χ0n) is 15.7. The summed E-state index contributed by atoms with van der Waals surface area (Å²) in [6.45, 7) is 3.96. The summed E-state index contributed by atoms with van der Waals surface area (Å²) in [6, 6.07) is 15.5. The van der Waals surface area contributed by atoms with E-state index in [0.717, 1.165) is 38.3 Å². The molecule has 2 aromatic rings. The minimum absolute atomic E-state index is 0.0333. The van der Waals surface area contributed by atoms with Gasteiger partial charge in [0.1, 0.15) is 0 Å². The number of hydrogen-bond donors (Lipinski definition) is 2. The van der Waals surface area contributed by atoms with Gasteiger partial charge >= 0.3 is 0 Å². The van der Waals surface area contributed by atoms with Gasteiger partial charge in [0.05, 0.1) is 12.6 Å². The number of hydrogen-bond acceptors (Lipinski definition) is 5. The number of aliphatic hydroxyl groups excluding tert-OH is 1. The average molecular weight is 386 g/mol. The van der Waals surface area contributed by atoms with Crippen LogP contribution in [-0.2, 0) is 6.54 Å². The fourth-order valence-electron chi connectivity index (χ4n) is 3.29. The first kappa shape index (κ1) is 19.9. The second-order valence-corrected chi connectivity index (χ2v) is 7.71. The molecule has 1 amide bonds. The maximum Gasteiger partial charge on any atom is 0.253 e. The van der Waals surface area contributed by atoms with Crippen molar-refractivity contribution in [2.24, 2.45) is 5.73 Å². The number of amides is 1. The molecule has 3 rings (SSSR count). The fourth-order valence-corrected chi connectivity index (χ4v) is 3.70. The predicted molar refractivity (Wildman–Crippen MR) is 110 cm³/mol. The first-order valence-corrected chi connectivity index (χ1v) is 10.4. The molecule has 1 unspecified atom stereocenters. The molecule has 0 aromatic heterocycles. The van der Waals surface area contributed by atoms with Crippen molar-refractivity contribution in [3.05, 3.63) is 65.2 Å². The highest BCUT2D eigenvalue weighted by Crippen LogP contribution is 2.18. The van der Waals surface area contributed by atoms with E-state index in [2.05, 4.69) is 35.4 Å². The maximum absolute atomic E-state index is 12.8. The van der Waals surface area contributed by atoms with Crippen LogP contribution in [0.2, 0.25) is 0 Å². The Balaban J connectivity index is 1.56. The number of piperazine rings is 1. The lowest BCUT2D eigenvalue weighted by atomic mass is 10.0. The molecule has 0 bridgehead atoms. The summed E-state index contributed by atoms with van der Waals surface area (Å²) in [7, 11) is 0. The van der Waals surface area contributed by atoms with E-state index in [1.54, 1.807) is 17.8 Å². The second-order valence-electron chi connectivity index (χ2n) is 6.83. The molecule has 1 atom stereocenters. The van der Waals surface area contributed by atoms with Gasteiger partial charge in [-0.3, -0.25) is 9.69 Å².